The number of nitrogens with zero attached hydrogens (tertiary/aromatic N) is 1. The lowest BCUT2D eigenvalue weighted by molar-refractivity contribution is 0.0928. The second-order valence-electron chi connectivity index (χ2n) is 4.71. The number of carbonyl (C=O) groups is 1. The van der Waals surface area contributed by atoms with E-state index in [1.165, 1.54) is 0 Å². The number of rotatable bonds is 5. The van der Waals surface area contributed by atoms with Gasteiger partial charge in [0, 0.05) is 6.20 Å². The van der Waals surface area contributed by atoms with Crippen LogP contribution < -0.4 is 10.1 Å². The quantitative estimate of drug-likeness (QED) is 0.761. The highest BCUT2D eigenvalue weighted by molar-refractivity contribution is 7.17. The molecule has 0 unspecified atom stereocenters. The van der Waals surface area contributed by atoms with Gasteiger partial charge in [-0.1, -0.05) is 0 Å². The van der Waals surface area contributed by atoms with Gasteiger partial charge in [-0.2, -0.15) is 0 Å². The summed E-state index contributed by atoms with van der Waals surface area (Å²) in [4.78, 5) is 19.1. The third-order valence-corrected chi connectivity index (χ3v) is 3.87. The summed E-state index contributed by atoms with van der Waals surface area (Å²) in [5, 5.41) is 4.85. The van der Waals surface area contributed by atoms with E-state index in [2.05, 4.69) is 15.3 Å². The summed E-state index contributed by atoms with van der Waals surface area (Å²) in [7, 11) is 0. The molecule has 0 saturated carbocycles. The van der Waals surface area contributed by atoms with Gasteiger partial charge in [0.15, 0.2) is 0 Å². The van der Waals surface area contributed by atoms with Crippen molar-refractivity contribution in [2.24, 2.45) is 0 Å². The van der Waals surface area contributed by atoms with Crippen LogP contribution in [0.15, 0.2) is 42.0 Å². The molecule has 0 fully saturated rings. The van der Waals surface area contributed by atoms with E-state index in [-0.39, 0.29) is 12.0 Å². The van der Waals surface area contributed by atoms with Gasteiger partial charge in [-0.05, 0) is 36.6 Å². The van der Waals surface area contributed by atoms with E-state index < -0.39 is 0 Å². The van der Waals surface area contributed by atoms with Crippen LogP contribution in [0.3, 0.4) is 0 Å². The van der Waals surface area contributed by atoms with Gasteiger partial charge in [0.05, 0.1) is 23.0 Å². The minimum absolute atomic E-state index is 0.125. The molecule has 3 heterocycles. The number of hydrogen-bond acceptors (Lipinski definition) is 4. The van der Waals surface area contributed by atoms with Crippen molar-refractivity contribution in [2.45, 2.75) is 13.0 Å². The fourth-order valence-electron chi connectivity index (χ4n) is 1.99. The molecule has 5 nitrogen and oxygen atoms in total. The standard InChI is InChI=1S/C15H15N3O2S/c1-10(20-11-3-2-5-16-9-11)8-17-15(19)13-7-14-12(18-13)4-6-21-14/h2-7,9-10,18H,8H2,1H3,(H,17,19)/t10-/m1/s1. The second-order valence-corrected chi connectivity index (χ2v) is 5.66. The second kappa shape index (κ2) is 5.97. The zero-order valence-electron chi connectivity index (χ0n) is 11.5. The molecule has 0 aliphatic heterocycles. The van der Waals surface area contributed by atoms with Crippen LogP contribution >= 0.6 is 11.3 Å². The van der Waals surface area contributed by atoms with Gasteiger partial charge in [-0.25, -0.2) is 0 Å². The zero-order valence-corrected chi connectivity index (χ0v) is 12.3. The van der Waals surface area contributed by atoms with Crippen LogP contribution in [0.25, 0.3) is 10.2 Å². The first-order chi connectivity index (χ1) is 10.2. The molecule has 3 aromatic rings. The van der Waals surface area contributed by atoms with E-state index in [0.29, 0.717) is 18.0 Å². The smallest absolute Gasteiger partial charge is 0.267 e. The van der Waals surface area contributed by atoms with Crippen LogP contribution in [0, 0.1) is 0 Å². The van der Waals surface area contributed by atoms with Crippen LogP contribution in [0.4, 0.5) is 0 Å². The monoisotopic (exact) mass is 301 g/mol. The van der Waals surface area contributed by atoms with Crippen LogP contribution in [0.1, 0.15) is 17.4 Å². The maximum absolute atomic E-state index is 12.1. The zero-order chi connectivity index (χ0) is 14.7. The number of ether oxygens (including phenoxy) is 1. The number of aromatic nitrogens is 2. The Morgan fingerprint density at radius 2 is 2.43 bits per heavy atom. The first-order valence-corrected chi connectivity index (χ1v) is 7.51. The normalized spacial score (nSPS) is 12.2. The Bertz CT molecular complexity index is 707. The molecule has 0 aromatic carbocycles. The molecule has 0 bridgehead atoms. The minimum atomic E-state index is -0.130. The van der Waals surface area contributed by atoms with Gasteiger partial charge in [-0.3, -0.25) is 9.78 Å². The highest BCUT2D eigenvalue weighted by Crippen LogP contribution is 2.21. The lowest BCUT2D eigenvalue weighted by Gasteiger charge is -2.14. The van der Waals surface area contributed by atoms with Crippen molar-refractivity contribution in [3.05, 3.63) is 47.7 Å². The van der Waals surface area contributed by atoms with E-state index in [1.807, 2.05) is 36.6 Å². The SMILES string of the molecule is C[C@H](CNC(=O)c1cc2sccc2[nH]1)Oc1cccnc1. The molecule has 1 atom stereocenters. The number of carbonyl (C=O) groups excluding carboxylic acids is 1. The van der Waals surface area contributed by atoms with E-state index in [9.17, 15) is 4.79 Å². The molecule has 1 amide bonds. The summed E-state index contributed by atoms with van der Waals surface area (Å²) < 4.78 is 6.74. The maximum atomic E-state index is 12.1. The molecule has 6 heteroatoms. The Kier molecular flexibility index (Phi) is 3.87. The molecular weight excluding hydrogens is 286 g/mol. The molecule has 0 aliphatic rings. The molecule has 3 rings (SSSR count). The number of fused-ring (bicyclic) bond motifs is 1. The fraction of sp³-hybridized carbons (Fsp3) is 0.200. The average molecular weight is 301 g/mol. The third-order valence-electron chi connectivity index (χ3n) is 3.01. The maximum Gasteiger partial charge on any atom is 0.267 e. The summed E-state index contributed by atoms with van der Waals surface area (Å²) in [5.41, 5.74) is 1.57. The Morgan fingerprint density at radius 3 is 3.19 bits per heavy atom. The molecule has 2 N–H and O–H groups in total. The van der Waals surface area contributed by atoms with Crippen LogP contribution in [0.5, 0.6) is 5.75 Å². The van der Waals surface area contributed by atoms with Crippen molar-refractivity contribution in [1.82, 2.24) is 15.3 Å². The van der Waals surface area contributed by atoms with E-state index in [4.69, 9.17) is 4.74 Å². The summed E-state index contributed by atoms with van der Waals surface area (Å²) in [5.74, 6) is 0.569. The summed E-state index contributed by atoms with van der Waals surface area (Å²) in [6.07, 6.45) is 3.21. The molecule has 0 saturated heterocycles. The Morgan fingerprint density at radius 1 is 1.52 bits per heavy atom. The van der Waals surface area contributed by atoms with Crippen LogP contribution in [-0.4, -0.2) is 28.5 Å². The third kappa shape index (κ3) is 3.22. The topological polar surface area (TPSA) is 67.0 Å². The fourth-order valence-corrected chi connectivity index (χ4v) is 2.78. The van der Waals surface area contributed by atoms with Crippen molar-refractivity contribution < 1.29 is 9.53 Å². The summed E-state index contributed by atoms with van der Waals surface area (Å²) in [6.45, 7) is 2.33. The Balaban J connectivity index is 1.54. The first-order valence-electron chi connectivity index (χ1n) is 6.63. The molecule has 108 valence electrons. The van der Waals surface area contributed by atoms with Crippen LogP contribution in [0.2, 0.25) is 0 Å². The van der Waals surface area contributed by atoms with Gasteiger partial charge in [0.2, 0.25) is 0 Å². The highest BCUT2D eigenvalue weighted by atomic mass is 32.1. The van der Waals surface area contributed by atoms with Gasteiger partial charge < -0.3 is 15.0 Å². The molecule has 0 radical (unpaired) electrons. The molecular formula is C15H15N3O2S. The molecule has 21 heavy (non-hydrogen) atoms. The minimum Gasteiger partial charge on any atom is -0.487 e. The van der Waals surface area contributed by atoms with Gasteiger partial charge in [-0.15, -0.1) is 11.3 Å². The van der Waals surface area contributed by atoms with Crippen molar-refractivity contribution in [3.8, 4) is 5.75 Å². The number of amides is 1. The van der Waals surface area contributed by atoms with Gasteiger partial charge in [0.1, 0.15) is 17.5 Å². The van der Waals surface area contributed by atoms with Gasteiger partial charge >= 0.3 is 0 Å². The van der Waals surface area contributed by atoms with Crippen molar-refractivity contribution >= 4 is 27.5 Å². The Hall–Kier alpha value is -2.34. The lowest BCUT2D eigenvalue weighted by Crippen LogP contribution is -2.33. The van der Waals surface area contributed by atoms with Crippen molar-refractivity contribution in [1.29, 1.82) is 0 Å². The number of nitrogens with one attached hydrogen (secondary N) is 2. The van der Waals surface area contributed by atoms with Crippen molar-refractivity contribution in [2.75, 3.05) is 6.54 Å². The summed E-state index contributed by atoms with van der Waals surface area (Å²) in [6, 6.07) is 7.48. The predicted octanol–water partition coefficient (Wildman–Crippen LogP) is 2.82. The average Bonchev–Trinajstić information content (AvgIpc) is 3.07. The highest BCUT2D eigenvalue weighted by Gasteiger charge is 2.12. The van der Waals surface area contributed by atoms with E-state index in [1.54, 1.807) is 23.7 Å². The van der Waals surface area contributed by atoms with Gasteiger partial charge in [0.25, 0.3) is 5.91 Å². The molecule has 3 aromatic heterocycles. The predicted molar refractivity (Wildman–Crippen MR) is 82.8 cm³/mol. The first kappa shape index (κ1) is 13.6. The molecule has 0 spiro atoms. The number of pyridine rings is 1. The number of hydrogen-bond donors (Lipinski definition) is 2. The largest absolute Gasteiger partial charge is 0.487 e. The van der Waals surface area contributed by atoms with E-state index in [0.717, 1.165) is 10.2 Å². The summed E-state index contributed by atoms with van der Waals surface area (Å²) >= 11 is 1.61. The number of thiophene rings is 1. The molecule has 0 aliphatic carbocycles. The van der Waals surface area contributed by atoms with Crippen LogP contribution in [-0.2, 0) is 0 Å². The number of H-pyrrole nitrogens is 1. The van der Waals surface area contributed by atoms with Crippen molar-refractivity contribution in [3.63, 3.8) is 0 Å². The number of aromatic amines is 1. The van der Waals surface area contributed by atoms with E-state index >= 15 is 0 Å². The lowest BCUT2D eigenvalue weighted by atomic mass is 10.3. The Labute approximate surface area is 126 Å².